The van der Waals surface area contributed by atoms with Gasteiger partial charge in [-0.15, -0.1) is 0 Å². The fourth-order valence-corrected chi connectivity index (χ4v) is 4.59. The highest BCUT2D eigenvalue weighted by atomic mass is 32.2. The van der Waals surface area contributed by atoms with Crippen molar-refractivity contribution in [2.45, 2.75) is 32.2 Å². The molecule has 0 bridgehead atoms. The van der Waals surface area contributed by atoms with Gasteiger partial charge in [0, 0.05) is 33.2 Å². The predicted octanol–water partition coefficient (Wildman–Crippen LogP) is 1.56. The molecule has 2 N–H and O–H groups in total. The number of benzene rings is 1. The van der Waals surface area contributed by atoms with Crippen LogP contribution in [0.25, 0.3) is 0 Å². The van der Waals surface area contributed by atoms with E-state index in [-0.39, 0.29) is 5.75 Å². The third kappa shape index (κ3) is 4.73. The third-order valence-corrected chi connectivity index (χ3v) is 6.68. The predicted molar refractivity (Wildman–Crippen MR) is 101 cm³/mol. The fourth-order valence-electron chi connectivity index (χ4n) is 3.69. The Kier molecular flexibility index (Phi) is 5.64. The van der Waals surface area contributed by atoms with E-state index in [1.54, 1.807) is 7.05 Å². The van der Waals surface area contributed by atoms with Crippen molar-refractivity contribution in [3.8, 4) is 0 Å². The zero-order chi connectivity index (χ0) is 17.8. The Morgan fingerprint density at radius 1 is 1.24 bits per heavy atom. The standard InChI is InChI=1S/C18H28N4O2S/c1-19-17(22-12-10-18(15-22)8-5-9-18)20-11-13-25(23,24)21-14-16-6-3-2-4-7-16/h2-4,6-7,21H,5,8-15H2,1H3,(H,19,20). The lowest BCUT2D eigenvalue weighted by atomic mass is 9.68. The minimum Gasteiger partial charge on any atom is -0.355 e. The molecular weight excluding hydrogens is 336 g/mol. The second-order valence-electron chi connectivity index (χ2n) is 7.12. The van der Waals surface area contributed by atoms with Gasteiger partial charge in [0.1, 0.15) is 0 Å². The molecule has 0 radical (unpaired) electrons. The monoisotopic (exact) mass is 364 g/mol. The van der Waals surface area contributed by atoms with Crippen LogP contribution in [0.1, 0.15) is 31.2 Å². The number of nitrogens with zero attached hydrogens (tertiary/aromatic N) is 2. The van der Waals surface area contributed by atoms with E-state index in [0.29, 0.717) is 18.5 Å². The smallest absolute Gasteiger partial charge is 0.213 e. The summed E-state index contributed by atoms with van der Waals surface area (Å²) in [7, 11) is -1.55. The van der Waals surface area contributed by atoms with Crippen LogP contribution in [0, 0.1) is 5.41 Å². The normalized spacial score (nSPS) is 19.9. The van der Waals surface area contributed by atoms with E-state index < -0.39 is 10.0 Å². The van der Waals surface area contributed by atoms with Crippen molar-refractivity contribution in [2.75, 3.05) is 32.4 Å². The molecule has 1 aromatic rings. The van der Waals surface area contributed by atoms with Gasteiger partial charge in [-0.25, -0.2) is 13.1 Å². The van der Waals surface area contributed by atoms with Gasteiger partial charge in [-0.05, 0) is 30.2 Å². The van der Waals surface area contributed by atoms with Crippen molar-refractivity contribution in [3.63, 3.8) is 0 Å². The summed E-state index contributed by atoms with van der Waals surface area (Å²) in [6.45, 7) is 2.75. The molecule has 2 fully saturated rings. The maximum atomic E-state index is 12.1. The van der Waals surface area contributed by atoms with Crippen molar-refractivity contribution in [3.05, 3.63) is 35.9 Å². The summed E-state index contributed by atoms with van der Waals surface area (Å²) < 4.78 is 26.9. The summed E-state index contributed by atoms with van der Waals surface area (Å²) >= 11 is 0. The average Bonchev–Trinajstić information content (AvgIpc) is 3.04. The Hall–Kier alpha value is -1.60. The van der Waals surface area contributed by atoms with Crippen molar-refractivity contribution >= 4 is 16.0 Å². The van der Waals surface area contributed by atoms with Crippen molar-refractivity contribution in [1.82, 2.24) is 14.9 Å². The molecule has 1 heterocycles. The van der Waals surface area contributed by atoms with Gasteiger partial charge in [-0.2, -0.15) is 0 Å². The molecule has 1 aliphatic heterocycles. The van der Waals surface area contributed by atoms with E-state index in [1.807, 2.05) is 30.3 Å². The Bertz CT molecular complexity index is 699. The molecule has 1 saturated carbocycles. The highest BCUT2D eigenvalue weighted by molar-refractivity contribution is 7.89. The molecule has 1 aromatic carbocycles. The zero-order valence-corrected chi connectivity index (χ0v) is 15.7. The van der Waals surface area contributed by atoms with Gasteiger partial charge in [0.2, 0.25) is 10.0 Å². The van der Waals surface area contributed by atoms with E-state index in [4.69, 9.17) is 0 Å². The van der Waals surface area contributed by atoms with Gasteiger partial charge in [0.25, 0.3) is 0 Å². The molecule has 25 heavy (non-hydrogen) atoms. The molecule has 0 unspecified atom stereocenters. The summed E-state index contributed by atoms with van der Waals surface area (Å²) in [6, 6.07) is 9.54. The number of rotatable bonds is 6. The van der Waals surface area contributed by atoms with E-state index in [1.165, 1.54) is 25.7 Å². The molecule has 1 aliphatic carbocycles. The Labute approximate surface area is 150 Å². The molecule has 7 heteroatoms. The van der Waals surface area contributed by atoms with Crippen molar-refractivity contribution in [2.24, 2.45) is 10.4 Å². The van der Waals surface area contributed by atoms with Crippen LogP contribution in [0.15, 0.2) is 35.3 Å². The number of guanidine groups is 1. The van der Waals surface area contributed by atoms with Gasteiger partial charge in [0.15, 0.2) is 5.96 Å². The maximum Gasteiger partial charge on any atom is 0.213 e. The molecule has 6 nitrogen and oxygen atoms in total. The van der Waals surface area contributed by atoms with Crippen LogP contribution >= 0.6 is 0 Å². The first-order chi connectivity index (χ1) is 12.0. The second-order valence-corrected chi connectivity index (χ2v) is 9.05. The Balaban J connectivity index is 1.43. The molecule has 2 aliphatic rings. The maximum absolute atomic E-state index is 12.1. The summed E-state index contributed by atoms with van der Waals surface area (Å²) in [5.74, 6) is 0.861. The minimum absolute atomic E-state index is 0.0395. The van der Waals surface area contributed by atoms with Crippen molar-refractivity contribution in [1.29, 1.82) is 0 Å². The number of hydrogen-bond acceptors (Lipinski definition) is 3. The lowest BCUT2D eigenvalue weighted by Crippen LogP contribution is -2.44. The number of sulfonamides is 1. The van der Waals surface area contributed by atoms with Crippen molar-refractivity contribution < 1.29 is 8.42 Å². The quantitative estimate of drug-likeness (QED) is 0.593. The highest BCUT2D eigenvalue weighted by Crippen LogP contribution is 2.47. The van der Waals surface area contributed by atoms with Crippen LogP contribution in [0.5, 0.6) is 0 Å². The summed E-state index contributed by atoms with van der Waals surface area (Å²) in [6.07, 6.45) is 5.20. The fraction of sp³-hybridized carbons (Fsp3) is 0.611. The van der Waals surface area contributed by atoms with E-state index in [2.05, 4.69) is 19.9 Å². The van der Waals surface area contributed by atoms with Gasteiger partial charge in [0.05, 0.1) is 5.75 Å². The van der Waals surface area contributed by atoms with Crippen LogP contribution in [0.3, 0.4) is 0 Å². The van der Waals surface area contributed by atoms with Crippen LogP contribution in [0.2, 0.25) is 0 Å². The molecule has 1 spiro atoms. The van der Waals surface area contributed by atoms with Gasteiger partial charge in [-0.3, -0.25) is 4.99 Å². The summed E-state index contributed by atoms with van der Waals surface area (Å²) in [4.78, 5) is 6.59. The van der Waals surface area contributed by atoms with Crippen LogP contribution in [-0.2, 0) is 16.6 Å². The van der Waals surface area contributed by atoms with E-state index >= 15 is 0 Å². The van der Waals surface area contributed by atoms with Gasteiger partial charge in [-0.1, -0.05) is 36.8 Å². The molecule has 0 aromatic heterocycles. The number of aliphatic imine (C=N–C) groups is 1. The molecule has 138 valence electrons. The average molecular weight is 365 g/mol. The number of hydrogen-bond donors (Lipinski definition) is 2. The minimum atomic E-state index is -3.31. The Morgan fingerprint density at radius 3 is 2.60 bits per heavy atom. The van der Waals surface area contributed by atoms with Gasteiger partial charge >= 0.3 is 0 Å². The SMILES string of the molecule is CN=C(NCCS(=O)(=O)NCc1ccccc1)N1CCC2(CCC2)C1. The first-order valence-corrected chi connectivity index (χ1v) is 10.6. The van der Waals surface area contributed by atoms with E-state index in [0.717, 1.165) is 24.6 Å². The van der Waals surface area contributed by atoms with Crippen LogP contribution < -0.4 is 10.0 Å². The van der Waals surface area contributed by atoms with Crippen LogP contribution in [-0.4, -0.2) is 51.7 Å². The summed E-state index contributed by atoms with van der Waals surface area (Å²) in [5, 5.41) is 3.21. The third-order valence-electron chi connectivity index (χ3n) is 5.36. The lowest BCUT2D eigenvalue weighted by molar-refractivity contribution is 0.151. The first-order valence-electron chi connectivity index (χ1n) is 8.99. The van der Waals surface area contributed by atoms with E-state index in [9.17, 15) is 8.42 Å². The second kappa shape index (κ2) is 7.74. The van der Waals surface area contributed by atoms with Crippen LogP contribution in [0.4, 0.5) is 0 Å². The largest absolute Gasteiger partial charge is 0.355 e. The lowest BCUT2D eigenvalue weighted by Gasteiger charge is -2.38. The number of likely N-dealkylation sites (tertiary alicyclic amines) is 1. The summed E-state index contributed by atoms with van der Waals surface area (Å²) in [5.41, 5.74) is 1.46. The zero-order valence-electron chi connectivity index (χ0n) is 14.9. The molecular formula is C18H28N4O2S. The first kappa shape index (κ1) is 18.2. The highest BCUT2D eigenvalue weighted by Gasteiger charge is 2.43. The topological polar surface area (TPSA) is 73.8 Å². The Morgan fingerprint density at radius 2 is 2.00 bits per heavy atom. The molecule has 1 saturated heterocycles. The van der Waals surface area contributed by atoms with Gasteiger partial charge < -0.3 is 10.2 Å². The molecule has 3 rings (SSSR count). The molecule has 0 amide bonds. The number of nitrogens with one attached hydrogen (secondary N) is 2. The molecule has 0 atom stereocenters.